The lowest BCUT2D eigenvalue weighted by Gasteiger charge is -2.33. The Morgan fingerprint density at radius 1 is 1.26 bits per heavy atom. The predicted molar refractivity (Wildman–Crippen MR) is 108 cm³/mol. The molecular weight excluding hydrogens is 344 g/mol. The molecule has 1 rings (SSSR count). The fraction of sp³-hybridized carbons (Fsp3) is 0.762. The molecule has 1 fully saturated rings. The number of ether oxygens (including phenoxy) is 3. The lowest BCUT2D eigenvalue weighted by atomic mass is 9.91. The van der Waals surface area contributed by atoms with Gasteiger partial charge in [-0.1, -0.05) is 27.4 Å². The summed E-state index contributed by atoms with van der Waals surface area (Å²) in [5.74, 6) is 0.640. The average molecular weight is 383 g/mol. The number of carbonyl (C=O) groups excluding carboxylic acids is 1. The van der Waals surface area contributed by atoms with E-state index in [-0.39, 0.29) is 17.4 Å². The van der Waals surface area contributed by atoms with Crippen LogP contribution in [0, 0.1) is 5.41 Å². The minimum Gasteiger partial charge on any atom is -0.497 e. The van der Waals surface area contributed by atoms with Crippen LogP contribution in [0.2, 0.25) is 0 Å². The third-order valence-electron chi connectivity index (χ3n) is 4.57. The summed E-state index contributed by atoms with van der Waals surface area (Å²) in [6.07, 6.45) is 4.54. The summed E-state index contributed by atoms with van der Waals surface area (Å²) in [7, 11) is 1.67. The van der Waals surface area contributed by atoms with Crippen LogP contribution in [0.25, 0.3) is 0 Å². The van der Waals surface area contributed by atoms with Gasteiger partial charge >= 0.3 is 0 Å². The Labute approximate surface area is 164 Å². The van der Waals surface area contributed by atoms with Crippen LogP contribution in [0.4, 0.5) is 0 Å². The molecule has 0 aromatic heterocycles. The molecule has 0 unspecified atom stereocenters. The van der Waals surface area contributed by atoms with E-state index in [1.54, 1.807) is 13.2 Å². The molecule has 0 spiro atoms. The molecule has 27 heavy (non-hydrogen) atoms. The molecule has 6 heteroatoms. The Morgan fingerprint density at radius 2 is 1.89 bits per heavy atom. The van der Waals surface area contributed by atoms with Crippen molar-refractivity contribution >= 4 is 5.91 Å². The number of amides is 1. The molecule has 0 aliphatic carbocycles. The molecule has 2 N–H and O–H groups in total. The summed E-state index contributed by atoms with van der Waals surface area (Å²) in [6, 6.07) is 0.285. The SMILES string of the molecule is C=C(C=C(OCCC)C(C)(C)COC)NC(=O)C(C)(C)NC1CCOCC1. The summed E-state index contributed by atoms with van der Waals surface area (Å²) in [4.78, 5) is 12.8. The van der Waals surface area contributed by atoms with Crippen molar-refractivity contribution in [3.63, 3.8) is 0 Å². The molecule has 156 valence electrons. The van der Waals surface area contributed by atoms with Gasteiger partial charge in [0.1, 0.15) is 5.76 Å². The summed E-state index contributed by atoms with van der Waals surface area (Å²) in [5.41, 5.74) is -0.504. The molecule has 1 aliphatic rings. The van der Waals surface area contributed by atoms with Gasteiger partial charge in [0.2, 0.25) is 5.91 Å². The molecule has 0 aromatic carbocycles. The molecule has 1 heterocycles. The van der Waals surface area contributed by atoms with E-state index in [1.807, 2.05) is 27.7 Å². The summed E-state index contributed by atoms with van der Waals surface area (Å²) < 4.78 is 16.6. The van der Waals surface area contributed by atoms with E-state index < -0.39 is 5.54 Å². The van der Waals surface area contributed by atoms with Gasteiger partial charge in [-0.2, -0.15) is 0 Å². The van der Waals surface area contributed by atoms with Crippen LogP contribution in [-0.2, 0) is 19.0 Å². The minimum atomic E-state index is -0.703. The van der Waals surface area contributed by atoms with Gasteiger partial charge in [-0.15, -0.1) is 0 Å². The van der Waals surface area contributed by atoms with Crippen LogP contribution in [0.15, 0.2) is 24.1 Å². The zero-order valence-electron chi connectivity index (χ0n) is 17.9. The van der Waals surface area contributed by atoms with Gasteiger partial charge in [0, 0.05) is 37.5 Å². The predicted octanol–water partition coefficient (Wildman–Crippen LogP) is 3.15. The second-order valence-corrected chi connectivity index (χ2v) is 8.31. The van der Waals surface area contributed by atoms with Gasteiger partial charge in [0.25, 0.3) is 0 Å². The van der Waals surface area contributed by atoms with Crippen molar-refractivity contribution < 1.29 is 19.0 Å². The number of hydrogen-bond acceptors (Lipinski definition) is 5. The van der Waals surface area contributed by atoms with E-state index in [1.165, 1.54) is 0 Å². The van der Waals surface area contributed by atoms with E-state index in [0.717, 1.165) is 38.2 Å². The Morgan fingerprint density at radius 3 is 2.44 bits per heavy atom. The first-order chi connectivity index (χ1) is 12.6. The van der Waals surface area contributed by atoms with Crippen LogP contribution in [0.3, 0.4) is 0 Å². The number of methoxy groups -OCH3 is 1. The van der Waals surface area contributed by atoms with Crippen molar-refractivity contribution in [2.24, 2.45) is 5.41 Å². The number of rotatable bonds is 11. The van der Waals surface area contributed by atoms with Crippen LogP contribution in [-0.4, -0.2) is 51.0 Å². The molecule has 1 amide bonds. The summed E-state index contributed by atoms with van der Waals surface area (Å²) >= 11 is 0. The van der Waals surface area contributed by atoms with Gasteiger partial charge in [-0.05, 0) is 39.2 Å². The van der Waals surface area contributed by atoms with E-state index in [4.69, 9.17) is 14.2 Å². The topological polar surface area (TPSA) is 68.8 Å². The number of allylic oxidation sites excluding steroid dienone is 1. The van der Waals surface area contributed by atoms with E-state index in [0.29, 0.717) is 18.9 Å². The van der Waals surface area contributed by atoms with Crippen molar-refractivity contribution in [1.82, 2.24) is 10.6 Å². The first-order valence-corrected chi connectivity index (χ1v) is 9.82. The smallest absolute Gasteiger partial charge is 0.244 e. The van der Waals surface area contributed by atoms with E-state index in [2.05, 4.69) is 24.1 Å². The maximum absolute atomic E-state index is 12.8. The zero-order valence-corrected chi connectivity index (χ0v) is 17.9. The summed E-state index contributed by atoms with van der Waals surface area (Å²) in [5, 5.41) is 6.34. The second-order valence-electron chi connectivity index (χ2n) is 8.31. The standard InChI is InChI=1S/C21H38N2O4/c1-8-11-27-18(20(3,4)15-25-7)14-16(2)22-19(24)21(5,6)23-17-9-12-26-13-10-17/h14,17,23H,2,8-13,15H2,1,3-7H3,(H,22,24). The molecule has 0 bridgehead atoms. The van der Waals surface area contributed by atoms with Crippen molar-refractivity contribution in [2.75, 3.05) is 33.5 Å². The van der Waals surface area contributed by atoms with E-state index >= 15 is 0 Å². The Hall–Kier alpha value is -1.37. The van der Waals surface area contributed by atoms with Crippen molar-refractivity contribution in [1.29, 1.82) is 0 Å². The average Bonchev–Trinajstić information content (AvgIpc) is 2.58. The number of hydrogen-bond donors (Lipinski definition) is 2. The van der Waals surface area contributed by atoms with Crippen LogP contribution in [0.1, 0.15) is 53.9 Å². The maximum atomic E-state index is 12.8. The van der Waals surface area contributed by atoms with Gasteiger partial charge in [0.05, 0.1) is 18.8 Å². The monoisotopic (exact) mass is 382 g/mol. The third-order valence-corrected chi connectivity index (χ3v) is 4.57. The first-order valence-electron chi connectivity index (χ1n) is 9.82. The molecule has 0 saturated carbocycles. The van der Waals surface area contributed by atoms with Gasteiger partial charge < -0.3 is 24.8 Å². The quantitative estimate of drug-likeness (QED) is 0.424. The van der Waals surface area contributed by atoms with E-state index in [9.17, 15) is 4.79 Å². The molecule has 1 saturated heterocycles. The first kappa shape index (κ1) is 23.7. The number of carbonyl (C=O) groups is 1. The maximum Gasteiger partial charge on any atom is 0.244 e. The van der Waals surface area contributed by atoms with Crippen LogP contribution < -0.4 is 10.6 Å². The lowest BCUT2D eigenvalue weighted by Crippen LogP contribution is -2.56. The normalized spacial score (nSPS) is 16.9. The van der Waals surface area contributed by atoms with Crippen molar-refractivity contribution in [3.05, 3.63) is 24.1 Å². The molecular formula is C21H38N2O4. The van der Waals surface area contributed by atoms with Gasteiger partial charge in [0.15, 0.2) is 0 Å². The molecule has 1 aliphatic heterocycles. The Bertz CT molecular complexity index is 520. The van der Waals surface area contributed by atoms with Crippen molar-refractivity contribution in [3.8, 4) is 0 Å². The highest BCUT2D eigenvalue weighted by molar-refractivity contribution is 5.87. The third kappa shape index (κ3) is 8.03. The Kier molecular flexibility index (Phi) is 9.50. The highest BCUT2D eigenvalue weighted by Gasteiger charge is 2.31. The lowest BCUT2D eigenvalue weighted by molar-refractivity contribution is -0.126. The molecule has 0 atom stereocenters. The Balaban J connectivity index is 2.76. The molecule has 0 aromatic rings. The van der Waals surface area contributed by atoms with Crippen LogP contribution >= 0.6 is 0 Å². The van der Waals surface area contributed by atoms with Crippen molar-refractivity contribution in [2.45, 2.75) is 65.5 Å². The zero-order chi connectivity index (χ0) is 20.5. The van der Waals surface area contributed by atoms with Gasteiger partial charge in [-0.3, -0.25) is 4.79 Å². The minimum absolute atomic E-state index is 0.116. The van der Waals surface area contributed by atoms with Crippen LogP contribution in [0.5, 0.6) is 0 Å². The largest absolute Gasteiger partial charge is 0.497 e. The second kappa shape index (κ2) is 10.8. The van der Waals surface area contributed by atoms with Gasteiger partial charge in [-0.25, -0.2) is 0 Å². The number of nitrogens with one attached hydrogen (secondary N) is 2. The summed E-state index contributed by atoms with van der Waals surface area (Å²) in [6.45, 7) is 16.5. The fourth-order valence-electron chi connectivity index (χ4n) is 2.99. The highest BCUT2D eigenvalue weighted by Crippen LogP contribution is 2.28. The fourth-order valence-corrected chi connectivity index (χ4v) is 2.99. The molecule has 0 radical (unpaired) electrons. The molecule has 6 nitrogen and oxygen atoms in total. The highest BCUT2D eigenvalue weighted by atomic mass is 16.5.